The molecule has 0 bridgehead atoms. The fourth-order valence-electron chi connectivity index (χ4n) is 3.22. The first-order chi connectivity index (χ1) is 14.9. The highest BCUT2D eigenvalue weighted by atomic mass is 14.8. The van der Waals surface area contributed by atoms with Gasteiger partial charge in [-0.15, -0.1) is 0 Å². The summed E-state index contributed by atoms with van der Waals surface area (Å²) in [5, 5.41) is 0. The van der Waals surface area contributed by atoms with Gasteiger partial charge in [0.15, 0.2) is 0 Å². The average molecular weight is 387 g/mol. The van der Waals surface area contributed by atoms with Crippen LogP contribution in [0.25, 0.3) is 45.4 Å². The molecule has 0 radical (unpaired) electrons. The van der Waals surface area contributed by atoms with Crippen molar-refractivity contribution in [2.45, 2.75) is 0 Å². The van der Waals surface area contributed by atoms with E-state index in [0.29, 0.717) is 0 Å². The molecule has 5 heteroatoms. The lowest BCUT2D eigenvalue weighted by Gasteiger charge is -2.10. The van der Waals surface area contributed by atoms with Crippen molar-refractivity contribution in [1.29, 1.82) is 0 Å². The molecule has 142 valence electrons. The van der Waals surface area contributed by atoms with E-state index in [1.165, 1.54) is 0 Å². The summed E-state index contributed by atoms with van der Waals surface area (Å²) < 4.78 is 0. The van der Waals surface area contributed by atoms with Crippen molar-refractivity contribution in [3.63, 3.8) is 0 Å². The summed E-state index contributed by atoms with van der Waals surface area (Å²) in [6, 6.07) is 27.4. The molecule has 0 spiro atoms. The standard InChI is InChI=1S/C25H17N5/c1-4-13-26-20(8-1)23-12-7-11-19(29-23)18-16-24(21-9-2-5-14-27-21)30-25(17-18)22-10-3-6-15-28-22/h1-17H. The van der Waals surface area contributed by atoms with Crippen molar-refractivity contribution in [3.05, 3.63) is 104 Å². The summed E-state index contributed by atoms with van der Waals surface area (Å²) in [5.41, 5.74) is 6.61. The van der Waals surface area contributed by atoms with Crippen LogP contribution in [0.1, 0.15) is 0 Å². The third kappa shape index (κ3) is 3.69. The minimum atomic E-state index is 0.777. The maximum Gasteiger partial charge on any atom is 0.0901 e. The topological polar surface area (TPSA) is 64.5 Å². The summed E-state index contributed by atoms with van der Waals surface area (Å²) in [5.74, 6) is 0. The Morgan fingerprint density at radius 3 is 1.30 bits per heavy atom. The summed E-state index contributed by atoms with van der Waals surface area (Å²) >= 11 is 0. The van der Waals surface area contributed by atoms with Gasteiger partial charge in [0.1, 0.15) is 0 Å². The molecule has 5 rings (SSSR count). The van der Waals surface area contributed by atoms with E-state index in [0.717, 1.165) is 45.4 Å². The van der Waals surface area contributed by atoms with Gasteiger partial charge in [-0.1, -0.05) is 24.3 Å². The molecule has 30 heavy (non-hydrogen) atoms. The first-order valence-corrected chi connectivity index (χ1v) is 9.60. The Morgan fingerprint density at radius 2 is 0.800 bits per heavy atom. The largest absolute Gasteiger partial charge is 0.255 e. The van der Waals surface area contributed by atoms with Gasteiger partial charge in [-0.05, 0) is 60.7 Å². The van der Waals surface area contributed by atoms with Crippen molar-refractivity contribution in [3.8, 4) is 45.4 Å². The molecule has 5 nitrogen and oxygen atoms in total. The normalized spacial score (nSPS) is 10.7. The highest BCUT2D eigenvalue weighted by Gasteiger charge is 2.12. The Kier molecular flexibility index (Phi) is 4.76. The molecule has 0 amide bonds. The van der Waals surface area contributed by atoms with E-state index in [9.17, 15) is 0 Å². The lowest BCUT2D eigenvalue weighted by atomic mass is 10.1. The van der Waals surface area contributed by atoms with Crippen LogP contribution in [-0.4, -0.2) is 24.9 Å². The van der Waals surface area contributed by atoms with Gasteiger partial charge in [0.25, 0.3) is 0 Å². The molecule has 0 aliphatic carbocycles. The maximum atomic E-state index is 4.85. The van der Waals surface area contributed by atoms with Crippen LogP contribution < -0.4 is 0 Å². The molecular formula is C25H17N5. The van der Waals surface area contributed by atoms with Crippen molar-refractivity contribution >= 4 is 0 Å². The molecule has 0 N–H and O–H groups in total. The first kappa shape index (κ1) is 17.8. The van der Waals surface area contributed by atoms with Crippen LogP contribution in [0.15, 0.2) is 104 Å². The lowest BCUT2D eigenvalue weighted by Crippen LogP contribution is -1.95. The van der Waals surface area contributed by atoms with Gasteiger partial charge in [-0.25, -0.2) is 9.97 Å². The molecule has 0 aliphatic rings. The van der Waals surface area contributed by atoms with Crippen molar-refractivity contribution in [2.75, 3.05) is 0 Å². The molecule has 0 saturated carbocycles. The number of pyridine rings is 5. The number of nitrogens with zero attached hydrogens (tertiary/aromatic N) is 5. The second-order valence-electron chi connectivity index (χ2n) is 6.68. The van der Waals surface area contributed by atoms with E-state index in [1.807, 2.05) is 84.9 Å². The fourth-order valence-corrected chi connectivity index (χ4v) is 3.22. The summed E-state index contributed by atoms with van der Waals surface area (Å²) in [6.45, 7) is 0. The highest BCUT2D eigenvalue weighted by molar-refractivity contribution is 5.74. The van der Waals surface area contributed by atoms with Gasteiger partial charge in [-0.3, -0.25) is 15.0 Å². The van der Waals surface area contributed by atoms with E-state index in [-0.39, 0.29) is 0 Å². The third-order valence-corrected chi connectivity index (χ3v) is 4.65. The number of hydrogen-bond acceptors (Lipinski definition) is 5. The van der Waals surface area contributed by atoms with Gasteiger partial charge in [-0.2, -0.15) is 0 Å². The second-order valence-corrected chi connectivity index (χ2v) is 6.68. The Balaban J connectivity index is 1.67. The van der Waals surface area contributed by atoms with Crippen LogP contribution in [0.4, 0.5) is 0 Å². The van der Waals surface area contributed by atoms with Gasteiger partial charge in [0, 0.05) is 24.2 Å². The SMILES string of the molecule is c1ccc(-c2cccc(-c3cc(-c4ccccn4)nc(-c4ccccn4)c3)n2)nc1. The third-order valence-electron chi connectivity index (χ3n) is 4.65. The zero-order valence-corrected chi connectivity index (χ0v) is 16.1. The molecule has 0 aliphatic heterocycles. The van der Waals surface area contributed by atoms with E-state index in [1.54, 1.807) is 18.6 Å². The van der Waals surface area contributed by atoms with Gasteiger partial charge in [0.05, 0.1) is 39.9 Å². The molecule has 0 unspecified atom stereocenters. The zero-order chi connectivity index (χ0) is 20.2. The molecule has 0 saturated heterocycles. The van der Waals surface area contributed by atoms with Crippen molar-refractivity contribution < 1.29 is 0 Å². The molecule has 5 aromatic rings. The van der Waals surface area contributed by atoms with Crippen LogP contribution in [-0.2, 0) is 0 Å². The van der Waals surface area contributed by atoms with E-state index < -0.39 is 0 Å². The second kappa shape index (κ2) is 8.01. The minimum absolute atomic E-state index is 0.777. The predicted octanol–water partition coefficient (Wildman–Crippen LogP) is 5.33. The Hall–Kier alpha value is -4.25. The quantitative estimate of drug-likeness (QED) is 0.417. The fraction of sp³-hybridized carbons (Fsp3) is 0. The Labute approximate surface area is 174 Å². The first-order valence-electron chi connectivity index (χ1n) is 9.60. The predicted molar refractivity (Wildman–Crippen MR) is 117 cm³/mol. The van der Waals surface area contributed by atoms with Gasteiger partial charge < -0.3 is 0 Å². The smallest absolute Gasteiger partial charge is 0.0901 e. The van der Waals surface area contributed by atoms with Crippen LogP contribution in [0.3, 0.4) is 0 Å². The average Bonchev–Trinajstić information content (AvgIpc) is 2.85. The lowest BCUT2D eigenvalue weighted by molar-refractivity contribution is 1.21. The number of rotatable bonds is 4. The molecular weight excluding hydrogens is 370 g/mol. The molecule has 0 aromatic carbocycles. The monoisotopic (exact) mass is 387 g/mol. The Bertz CT molecular complexity index is 1220. The zero-order valence-electron chi connectivity index (χ0n) is 16.1. The summed E-state index contributed by atoms with van der Waals surface area (Å²) in [7, 11) is 0. The van der Waals surface area contributed by atoms with Crippen molar-refractivity contribution in [2.24, 2.45) is 0 Å². The van der Waals surface area contributed by atoms with Crippen LogP contribution >= 0.6 is 0 Å². The number of hydrogen-bond donors (Lipinski definition) is 0. The van der Waals surface area contributed by atoms with Crippen LogP contribution in [0.5, 0.6) is 0 Å². The van der Waals surface area contributed by atoms with E-state index in [4.69, 9.17) is 9.97 Å². The van der Waals surface area contributed by atoms with Crippen LogP contribution in [0.2, 0.25) is 0 Å². The summed E-state index contributed by atoms with van der Waals surface area (Å²) in [4.78, 5) is 23.0. The van der Waals surface area contributed by atoms with Crippen molar-refractivity contribution in [1.82, 2.24) is 24.9 Å². The molecule has 5 aromatic heterocycles. The van der Waals surface area contributed by atoms with Gasteiger partial charge in [0.2, 0.25) is 0 Å². The summed E-state index contributed by atoms with van der Waals surface area (Å²) in [6.07, 6.45) is 5.31. The van der Waals surface area contributed by atoms with Gasteiger partial charge >= 0.3 is 0 Å². The molecule has 0 fully saturated rings. The maximum absolute atomic E-state index is 4.85. The number of aromatic nitrogens is 5. The highest BCUT2D eigenvalue weighted by Crippen LogP contribution is 2.29. The van der Waals surface area contributed by atoms with E-state index in [2.05, 4.69) is 15.0 Å². The minimum Gasteiger partial charge on any atom is -0.255 e. The molecule has 5 heterocycles. The molecule has 0 atom stereocenters. The Morgan fingerprint density at radius 1 is 0.367 bits per heavy atom. The van der Waals surface area contributed by atoms with Crippen LogP contribution in [0, 0.1) is 0 Å². The van der Waals surface area contributed by atoms with E-state index >= 15 is 0 Å².